The number of fused-ring (bicyclic) bond motifs is 1. The third-order valence-electron chi connectivity index (χ3n) is 6.03. The van der Waals surface area contributed by atoms with Crippen LogP contribution >= 0.6 is 0 Å². The van der Waals surface area contributed by atoms with Crippen molar-refractivity contribution in [1.82, 2.24) is 0 Å². The molecule has 2 heteroatoms. The molecular formula is C16H30O2. The van der Waals surface area contributed by atoms with Crippen LogP contribution in [0.2, 0.25) is 0 Å². The predicted octanol–water partition coefficient (Wildman–Crippen LogP) is 3.22. The summed E-state index contributed by atoms with van der Waals surface area (Å²) in [4.78, 5) is 0. The summed E-state index contributed by atoms with van der Waals surface area (Å²) in [5.41, 5.74) is -0.174. The van der Waals surface area contributed by atoms with Gasteiger partial charge in [-0.25, -0.2) is 0 Å². The zero-order valence-corrected chi connectivity index (χ0v) is 12.4. The molecule has 0 aromatic carbocycles. The zero-order chi connectivity index (χ0) is 13.6. The van der Waals surface area contributed by atoms with E-state index >= 15 is 0 Å². The molecule has 106 valence electrons. The van der Waals surface area contributed by atoms with Crippen LogP contribution in [0.15, 0.2) is 0 Å². The van der Waals surface area contributed by atoms with Crippen molar-refractivity contribution in [3.63, 3.8) is 0 Å². The van der Waals surface area contributed by atoms with Crippen molar-refractivity contribution in [3.05, 3.63) is 0 Å². The highest BCUT2D eigenvalue weighted by Crippen LogP contribution is 2.57. The van der Waals surface area contributed by atoms with Gasteiger partial charge in [0.15, 0.2) is 0 Å². The van der Waals surface area contributed by atoms with Crippen molar-refractivity contribution in [1.29, 1.82) is 0 Å². The third kappa shape index (κ3) is 2.34. The van der Waals surface area contributed by atoms with Gasteiger partial charge < -0.3 is 10.2 Å². The summed E-state index contributed by atoms with van der Waals surface area (Å²) in [5, 5.41) is 20.0. The van der Waals surface area contributed by atoms with E-state index in [1.165, 1.54) is 12.8 Å². The lowest BCUT2D eigenvalue weighted by Gasteiger charge is -2.57. The second kappa shape index (κ2) is 4.79. The Morgan fingerprint density at radius 1 is 1.11 bits per heavy atom. The molecule has 0 saturated heterocycles. The Labute approximate surface area is 112 Å². The fourth-order valence-electron chi connectivity index (χ4n) is 4.85. The number of aliphatic hydroxyl groups is 2. The van der Waals surface area contributed by atoms with E-state index in [1.807, 2.05) is 6.92 Å². The van der Waals surface area contributed by atoms with Gasteiger partial charge in [0.2, 0.25) is 0 Å². The molecule has 0 bridgehead atoms. The SMILES string of the molecule is CC1CCC(C)(C)C2CCC(C)(O)C(CCO)C12. The number of aliphatic hydroxyl groups excluding tert-OH is 1. The molecule has 2 rings (SSSR count). The maximum Gasteiger partial charge on any atom is 0.0651 e. The van der Waals surface area contributed by atoms with Crippen LogP contribution in [0.4, 0.5) is 0 Å². The van der Waals surface area contributed by atoms with Crippen molar-refractivity contribution in [2.75, 3.05) is 6.61 Å². The van der Waals surface area contributed by atoms with Crippen LogP contribution in [0, 0.1) is 29.1 Å². The van der Waals surface area contributed by atoms with Crippen molar-refractivity contribution >= 4 is 0 Å². The van der Waals surface area contributed by atoms with Crippen LogP contribution in [0.25, 0.3) is 0 Å². The topological polar surface area (TPSA) is 40.5 Å². The second-order valence-electron chi connectivity index (χ2n) is 7.70. The molecule has 2 nitrogen and oxygen atoms in total. The minimum atomic E-state index is -0.578. The first kappa shape index (κ1) is 14.3. The molecule has 0 aliphatic heterocycles. The van der Waals surface area contributed by atoms with Gasteiger partial charge >= 0.3 is 0 Å². The summed E-state index contributed by atoms with van der Waals surface area (Å²) in [6, 6.07) is 0. The smallest absolute Gasteiger partial charge is 0.0651 e. The van der Waals surface area contributed by atoms with E-state index < -0.39 is 5.60 Å². The molecule has 2 N–H and O–H groups in total. The van der Waals surface area contributed by atoms with Gasteiger partial charge in [-0.05, 0) is 68.1 Å². The first-order valence-corrected chi connectivity index (χ1v) is 7.63. The Kier molecular flexibility index (Phi) is 3.81. The van der Waals surface area contributed by atoms with Gasteiger partial charge in [-0.2, -0.15) is 0 Å². The second-order valence-corrected chi connectivity index (χ2v) is 7.70. The lowest BCUT2D eigenvalue weighted by Crippen LogP contribution is -2.54. The minimum Gasteiger partial charge on any atom is -0.396 e. The molecule has 0 aromatic rings. The van der Waals surface area contributed by atoms with Crippen LogP contribution in [0.5, 0.6) is 0 Å². The molecule has 5 unspecified atom stereocenters. The van der Waals surface area contributed by atoms with E-state index in [-0.39, 0.29) is 12.5 Å². The van der Waals surface area contributed by atoms with Crippen LogP contribution in [0.3, 0.4) is 0 Å². The molecule has 2 fully saturated rings. The molecule has 0 spiro atoms. The summed E-state index contributed by atoms with van der Waals surface area (Å²) in [7, 11) is 0. The Bertz CT molecular complexity index is 295. The average Bonchev–Trinajstić information content (AvgIpc) is 2.27. The summed E-state index contributed by atoms with van der Waals surface area (Å²) < 4.78 is 0. The van der Waals surface area contributed by atoms with Crippen LogP contribution in [-0.4, -0.2) is 22.4 Å². The highest BCUT2D eigenvalue weighted by molar-refractivity contribution is 5.02. The monoisotopic (exact) mass is 254 g/mol. The van der Waals surface area contributed by atoms with Crippen molar-refractivity contribution in [3.8, 4) is 0 Å². The maximum absolute atomic E-state index is 10.7. The van der Waals surface area contributed by atoms with Crippen molar-refractivity contribution in [2.24, 2.45) is 29.1 Å². The Balaban J connectivity index is 2.29. The van der Waals surface area contributed by atoms with E-state index in [0.29, 0.717) is 17.3 Å². The fraction of sp³-hybridized carbons (Fsp3) is 1.00. The quantitative estimate of drug-likeness (QED) is 0.794. The number of hydrogen-bond acceptors (Lipinski definition) is 2. The molecule has 5 atom stereocenters. The first-order chi connectivity index (χ1) is 8.29. The minimum absolute atomic E-state index is 0.206. The van der Waals surface area contributed by atoms with Gasteiger partial charge in [0.1, 0.15) is 0 Å². The third-order valence-corrected chi connectivity index (χ3v) is 6.03. The lowest BCUT2D eigenvalue weighted by molar-refractivity contribution is -0.140. The van der Waals surface area contributed by atoms with Crippen LogP contribution in [-0.2, 0) is 0 Å². The average molecular weight is 254 g/mol. The van der Waals surface area contributed by atoms with Gasteiger partial charge in [-0.15, -0.1) is 0 Å². The first-order valence-electron chi connectivity index (χ1n) is 7.63. The Morgan fingerprint density at radius 2 is 1.78 bits per heavy atom. The molecule has 2 aliphatic carbocycles. The molecular weight excluding hydrogens is 224 g/mol. The summed E-state index contributed by atoms with van der Waals surface area (Å²) >= 11 is 0. The van der Waals surface area contributed by atoms with Gasteiger partial charge in [-0.1, -0.05) is 20.8 Å². The number of rotatable bonds is 2. The van der Waals surface area contributed by atoms with Crippen LogP contribution < -0.4 is 0 Å². The van der Waals surface area contributed by atoms with Gasteiger partial charge in [-0.3, -0.25) is 0 Å². The summed E-state index contributed by atoms with van der Waals surface area (Å²) in [6.07, 6.45) is 5.38. The highest BCUT2D eigenvalue weighted by atomic mass is 16.3. The molecule has 0 radical (unpaired) electrons. The fourth-order valence-corrected chi connectivity index (χ4v) is 4.85. The van der Waals surface area contributed by atoms with Gasteiger partial charge in [0, 0.05) is 6.61 Å². The number of hydrogen-bond donors (Lipinski definition) is 2. The van der Waals surface area contributed by atoms with Crippen molar-refractivity contribution in [2.45, 2.75) is 65.4 Å². The van der Waals surface area contributed by atoms with E-state index in [1.54, 1.807) is 0 Å². The highest BCUT2D eigenvalue weighted by Gasteiger charge is 2.52. The van der Waals surface area contributed by atoms with E-state index in [0.717, 1.165) is 25.2 Å². The molecule has 0 aromatic heterocycles. The Hall–Kier alpha value is -0.0800. The van der Waals surface area contributed by atoms with Crippen molar-refractivity contribution < 1.29 is 10.2 Å². The standard InChI is InChI=1S/C16H30O2/c1-11-5-8-15(2,3)12-6-9-16(4,18)13(7-10-17)14(11)12/h11-14,17-18H,5-10H2,1-4H3. The lowest BCUT2D eigenvalue weighted by atomic mass is 9.50. The summed E-state index contributed by atoms with van der Waals surface area (Å²) in [5.74, 6) is 2.27. The van der Waals surface area contributed by atoms with E-state index in [9.17, 15) is 10.2 Å². The zero-order valence-electron chi connectivity index (χ0n) is 12.4. The van der Waals surface area contributed by atoms with Gasteiger partial charge in [0.25, 0.3) is 0 Å². The molecule has 0 amide bonds. The normalized spacial score (nSPS) is 47.7. The van der Waals surface area contributed by atoms with E-state index in [4.69, 9.17) is 0 Å². The largest absolute Gasteiger partial charge is 0.396 e. The van der Waals surface area contributed by atoms with Crippen LogP contribution in [0.1, 0.15) is 59.8 Å². The predicted molar refractivity (Wildman–Crippen MR) is 74.2 cm³/mol. The molecule has 0 heterocycles. The van der Waals surface area contributed by atoms with E-state index in [2.05, 4.69) is 20.8 Å². The maximum atomic E-state index is 10.7. The summed E-state index contributed by atoms with van der Waals surface area (Å²) in [6.45, 7) is 9.33. The molecule has 2 aliphatic rings. The Morgan fingerprint density at radius 3 is 2.39 bits per heavy atom. The van der Waals surface area contributed by atoms with Gasteiger partial charge in [0.05, 0.1) is 5.60 Å². The molecule has 18 heavy (non-hydrogen) atoms. The molecule has 2 saturated carbocycles.